The number of hydrogen-bond acceptors (Lipinski definition) is 4. The molecule has 3 rings (SSSR count). The molecule has 0 bridgehead atoms. The molecule has 0 saturated heterocycles. The van der Waals surface area contributed by atoms with Crippen LogP contribution < -0.4 is 10.1 Å². The zero-order valence-electron chi connectivity index (χ0n) is 17.0. The summed E-state index contributed by atoms with van der Waals surface area (Å²) in [5, 5.41) is 2.79. The lowest BCUT2D eigenvalue weighted by molar-refractivity contribution is -0.121. The van der Waals surface area contributed by atoms with E-state index in [1.807, 2.05) is 42.5 Å². The Morgan fingerprint density at radius 2 is 1.61 bits per heavy atom. The van der Waals surface area contributed by atoms with E-state index >= 15 is 0 Å². The lowest BCUT2D eigenvalue weighted by atomic mass is 10.2. The fraction of sp³-hybridized carbons (Fsp3) is 0.174. The highest BCUT2D eigenvalue weighted by molar-refractivity contribution is 9.10. The van der Waals surface area contributed by atoms with Gasteiger partial charge in [0, 0.05) is 23.1 Å². The number of amides is 1. The van der Waals surface area contributed by atoms with Crippen LogP contribution in [0.2, 0.25) is 0 Å². The van der Waals surface area contributed by atoms with Gasteiger partial charge in [-0.2, -0.15) is 4.31 Å². The Bertz CT molecular complexity index is 1120. The topological polar surface area (TPSA) is 75.7 Å². The second-order valence-electron chi connectivity index (χ2n) is 6.80. The Kier molecular flexibility index (Phi) is 7.84. The van der Waals surface area contributed by atoms with Crippen LogP contribution in [-0.2, 0) is 27.9 Å². The number of sulfonamides is 1. The van der Waals surface area contributed by atoms with Gasteiger partial charge in [0.25, 0.3) is 0 Å². The molecule has 0 heterocycles. The van der Waals surface area contributed by atoms with Crippen LogP contribution in [0.3, 0.4) is 0 Å². The highest BCUT2D eigenvalue weighted by atomic mass is 79.9. The van der Waals surface area contributed by atoms with Gasteiger partial charge in [0.05, 0.1) is 18.6 Å². The standard InChI is InChI=1S/C23H23BrN2O4S/c1-30-22-10-6-5-7-19(22)15-25-23(27)17-26(16-18-11-13-20(24)14-12-18)31(28,29)21-8-3-2-4-9-21/h2-14H,15-17H2,1H3,(H,25,27). The molecule has 0 spiro atoms. The molecule has 0 aliphatic heterocycles. The Balaban J connectivity index is 1.78. The number of nitrogens with zero attached hydrogens (tertiary/aromatic N) is 1. The summed E-state index contributed by atoms with van der Waals surface area (Å²) in [5.41, 5.74) is 1.59. The lowest BCUT2D eigenvalue weighted by Crippen LogP contribution is -2.40. The molecule has 0 fully saturated rings. The number of nitrogens with one attached hydrogen (secondary N) is 1. The van der Waals surface area contributed by atoms with Gasteiger partial charge in [0.2, 0.25) is 15.9 Å². The summed E-state index contributed by atoms with van der Waals surface area (Å²) in [6, 6.07) is 22.8. The lowest BCUT2D eigenvalue weighted by Gasteiger charge is -2.22. The number of carbonyl (C=O) groups excluding carboxylic acids is 1. The van der Waals surface area contributed by atoms with Crippen LogP contribution in [0.25, 0.3) is 0 Å². The molecule has 1 amide bonds. The van der Waals surface area contributed by atoms with E-state index in [4.69, 9.17) is 4.74 Å². The molecule has 8 heteroatoms. The van der Waals surface area contributed by atoms with Crippen LogP contribution >= 0.6 is 15.9 Å². The van der Waals surface area contributed by atoms with E-state index in [0.717, 1.165) is 15.6 Å². The second kappa shape index (κ2) is 10.6. The number of carbonyl (C=O) groups is 1. The van der Waals surface area contributed by atoms with E-state index in [2.05, 4.69) is 21.2 Å². The number of ether oxygens (including phenoxy) is 1. The monoisotopic (exact) mass is 502 g/mol. The number of rotatable bonds is 9. The predicted octanol–water partition coefficient (Wildman–Crippen LogP) is 3.97. The summed E-state index contributed by atoms with van der Waals surface area (Å²) in [6.07, 6.45) is 0. The Morgan fingerprint density at radius 1 is 0.968 bits per heavy atom. The van der Waals surface area contributed by atoms with Crippen molar-refractivity contribution < 1.29 is 17.9 Å². The first-order valence-electron chi connectivity index (χ1n) is 9.58. The molecule has 0 unspecified atom stereocenters. The largest absolute Gasteiger partial charge is 0.496 e. The van der Waals surface area contributed by atoms with Crippen molar-refractivity contribution in [3.63, 3.8) is 0 Å². The molecule has 0 aliphatic rings. The molecule has 0 aromatic heterocycles. The smallest absolute Gasteiger partial charge is 0.243 e. The van der Waals surface area contributed by atoms with Crippen LogP contribution in [-0.4, -0.2) is 32.3 Å². The van der Waals surface area contributed by atoms with Gasteiger partial charge in [0.1, 0.15) is 5.75 Å². The minimum Gasteiger partial charge on any atom is -0.496 e. The van der Waals surface area contributed by atoms with Crippen molar-refractivity contribution in [3.8, 4) is 5.75 Å². The predicted molar refractivity (Wildman–Crippen MR) is 123 cm³/mol. The third-order valence-corrected chi connectivity index (χ3v) is 6.98. The third kappa shape index (κ3) is 6.16. The molecule has 0 aliphatic carbocycles. The minimum absolute atomic E-state index is 0.0760. The molecule has 3 aromatic carbocycles. The average molecular weight is 503 g/mol. The Hall–Kier alpha value is -2.68. The van der Waals surface area contributed by atoms with Gasteiger partial charge in [-0.05, 0) is 35.9 Å². The summed E-state index contributed by atoms with van der Waals surface area (Å²) in [4.78, 5) is 12.8. The number of halogens is 1. The summed E-state index contributed by atoms with van der Waals surface area (Å²) in [6.45, 7) is 0.00931. The normalized spacial score (nSPS) is 11.3. The first kappa shape index (κ1) is 23.0. The van der Waals surface area contributed by atoms with E-state index < -0.39 is 15.9 Å². The van der Waals surface area contributed by atoms with Crippen LogP contribution in [0.5, 0.6) is 5.75 Å². The summed E-state index contributed by atoms with van der Waals surface area (Å²) in [5.74, 6) is 0.258. The number of hydrogen-bond donors (Lipinski definition) is 1. The fourth-order valence-electron chi connectivity index (χ4n) is 3.02. The molecule has 31 heavy (non-hydrogen) atoms. The zero-order valence-corrected chi connectivity index (χ0v) is 19.4. The van der Waals surface area contributed by atoms with Crippen molar-refractivity contribution in [2.24, 2.45) is 0 Å². The molecule has 162 valence electrons. The summed E-state index contributed by atoms with van der Waals surface area (Å²) >= 11 is 3.38. The van der Waals surface area contributed by atoms with Gasteiger partial charge in [0.15, 0.2) is 0 Å². The van der Waals surface area contributed by atoms with E-state index in [9.17, 15) is 13.2 Å². The summed E-state index contributed by atoms with van der Waals surface area (Å²) < 4.78 is 33.8. The van der Waals surface area contributed by atoms with Crippen molar-refractivity contribution in [2.75, 3.05) is 13.7 Å². The Labute approximate surface area is 191 Å². The zero-order chi connectivity index (χ0) is 22.3. The molecule has 0 radical (unpaired) electrons. The van der Waals surface area contributed by atoms with E-state index in [-0.39, 0.29) is 24.5 Å². The first-order valence-corrected chi connectivity index (χ1v) is 11.8. The van der Waals surface area contributed by atoms with Gasteiger partial charge in [-0.15, -0.1) is 0 Å². The number of benzene rings is 3. The van der Waals surface area contributed by atoms with Crippen LogP contribution in [0.1, 0.15) is 11.1 Å². The molecular weight excluding hydrogens is 480 g/mol. The van der Waals surface area contributed by atoms with Gasteiger partial charge in [-0.25, -0.2) is 8.42 Å². The van der Waals surface area contributed by atoms with Crippen molar-refractivity contribution in [3.05, 3.63) is 94.5 Å². The van der Waals surface area contributed by atoms with E-state index in [0.29, 0.717) is 5.75 Å². The highest BCUT2D eigenvalue weighted by Crippen LogP contribution is 2.20. The third-order valence-electron chi connectivity index (χ3n) is 4.64. The quantitative estimate of drug-likeness (QED) is 0.480. The molecule has 1 N–H and O–H groups in total. The number of methoxy groups -OCH3 is 1. The molecule has 0 atom stereocenters. The van der Waals surface area contributed by atoms with Crippen molar-refractivity contribution in [1.82, 2.24) is 9.62 Å². The SMILES string of the molecule is COc1ccccc1CNC(=O)CN(Cc1ccc(Br)cc1)S(=O)(=O)c1ccccc1. The maximum absolute atomic E-state index is 13.2. The van der Waals surface area contributed by atoms with Gasteiger partial charge >= 0.3 is 0 Å². The van der Waals surface area contributed by atoms with Crippen molar-refractivity contribution >= 4 is 31.9 Å². The molecule has 3 aromatic rings. The number of para-hydroxylation sites is 1. The van der Waals surface area contributed by atoms with E-state index in [1.165, 1.54) is 16.4 Å². The first-order chi connectivity index (χ1) is 14.9. The molecule has 6 nitrogen and oxygen atoms in total. The molecule has 0 saturated carbocycles. The fourth-order valence-corrected chi connectivity index (χ4v) is 4.69. The maximum atomic E-state index is 13.2. The van der Waals surface area contributed by atoms with Crippen LogP contribution in [0.4, 0.5) is 0 Å². The van der Waals surface area contributed by atoms with Crippen molar-refractivity contribution in [2.45, 2.75) is 18.0 Å². The van der Waals surface area contributed by atoms with Crippen molar-refractivity contribution in [1.29, 1.82) is 0 Å². The maximum Gasteiger partial charge on any atom is 0.243 e. The minimum atomic E-state index is -3.86. The van der Waals surface area contributed by atoms with Crippen LogP contribution in [0, 0.1) is 0 Å². The van der Waals surface area contributed by atoms with E-state index in [1.54, 1.807) is 31.4 Å². The summed E-state index contributed by atoms with van der Waals surface area (Å²) in [7, 11) is -2.30. The van der Waals surface area contributed by atoms with Gasteiger partial charge in [-0.1, -0.05) is 64.5 Å². The van der Waals surface area contributed by atoms with Crippen LogP contribution in [0.15, 0.2) is 88.2 Å². The van der Waals surface area contributed by atoms with Gasteiger partial charge < -0.3 is 10.1 Å². The van der Waals surface area contributed by atoms with Gasteiger partial charge in [-0.3, -0.25) is 4.79 Å². The Morgan fingerprint density at radius 3 is 2.29 bits per heavy atom. The second-order valence-corrected chi connectivity index (χ2v) is 9.65. The highest BCUT2D eigenvalue weighted by Gasteiger charge is 2.26. The molecular formula is C23H23BrN2O4S. The average Bonchev–Trinajstić information content (AvgIpc) is 2.79.